The number of carbonyl (C=O) groups is 3. The Bertz CT molecular complexity index is 1130. The van der Waals surface area contributed by atoms with E-state index in [4.69, 9.17) is 0 Å². The van der Waals surface area contributed by atoms with E-state index in [1.807, 2.05) is 0 Å². The number of anilines is 2. The van der Waals surface area contributed by atoms with Gasteiger partial charge in [0.25, 0.3) is 11.8 Å². The van der Waals surface area contributed by atoms with E-state index in [0.29, 0.717) is 19.4 Å². The maximum Gasteiger partial charge on any atom is 0.310 e. The normalized spacial score (nSPS) is 20.4. The Hall–Kier alpha value is -3.42. The van der Waals surface area contributed by atoms with Crippen molar-refractivity contribution in [2.45, 2.75) is 31.1 Å². The summed E-state index contributed by atoms with van der Waals surface area (Å²) in [6.45, 7) is 2.13. The van der Waals surface area contributed by atoms with Crippen LogP contribution in [0.15, 0.2) is 47.5 Å². The van der Waals surface area contributed by atoms with Crippen LogP contribution in [-0.2, 0) is 9.59 Å². The lowest BCUT2D eigenvalue weighted by molar-refractivity contribution is -0.146. The molecule has 3 amide bonds. The van der Waals surface area contributed by atoms with Gasteiger partial charge in [-0.1, -0.05) is 26.4 Å². The van der Waals surface area contributed by atoms with Gasteiger partial charge in [-0.2, -0.15) is 0 Å². The molecule has 0 aliphatic carbocycles. The molecule has 1 saturated heterocycles. The molecule has 4 N–H and O–H groups in total. The highest BCUT2D eigenvalue weighted by molar-refractivity contribution is 8.45. The minimum absolute atomic E-state index is 0.0359. The minimum Gasteiger partial charge on any atom is -0.355 e. The van der Waals surface area contributed by atoms with E-state index in [1.54, 1.807) is 6.92 Å². The first-order chi connectivity index (χ1) is 15.7. The Morgan fingerprint density at radius 3 is 2.35 bits per heavy atom. The first-order valence-corrected chi connectivity index (χ1v) is 12.1. The van der Waals surface area contributed by atoms with Gasteiger partial charge in [-0.15, -0.1) is 0 Å². The van der Waals surface area contributed by atoms with Gasteiger partial charge >= 0.3 is 10.2 Å². The first kappa shape index (κ1) is 25.2. The first-order valence-electron chi connectivity index (χ1n) is 10.1. The molecule has 1 unspecified atom stereocenters. The van der Waals surface area contributed by atoms with Crippen LogP contribution in [0.3, 0.4) is 0 Å². The van der Waals surface area contributed by atoms with Crippen molar-refractivity contribution in [1.82, 2.24) is 21.2 Å². The number of hydrogen-bond acceptors (Lipinski definition) is 5. The van der Waals surface area contributed by atoms with Crippen molar-refractivity contribution in [1.29, 1.82) is 0 Å². The quantitative estimate of drug-likeness (QED) is 0.260. The van der Waals surface area contributed by atoms with Crippen molar-refractivity contribution in [2.75, 3.05) is 11.9 Å². The predicted octanol–water partition coefficient (Wildman–Crippen LogP) is 4.55. The third kappa shape index (κ3) is 5.38. The minimum atomic E-state index is -9.81. The molecule has 1 fully saturated rings. The molecule has 0 saturated carbocycles. The van der Waals surface area contributed by atoms with Gasteiger partial charge in [0.05, 0.1) is 5.56 Å². The largest absolute Gasteiger partial charge is 0.355 e. The number of pyridine rings is 1. The Morgan fingerprint density at radius 2 is 1.76 bits per heavy atom. The van der Waals surface area contributed by atoms with Crippen molar-refractivity contribution >= 4 is 39.5 Å². The number of carbonyl (C=O) groups excluding carboxylic acids is 3. The summed E-state index contributed by atoms with van der Waals surface area (Å²) in [4.78, 5) is 39.5. The molecule has 186 valence electrons. The number of benzene rings is 1. The number of rotatable bonds is 6. The van der Waals surface area contributed by atoms with Crippen LogP contribution in [-0.4, -0.2) is 29.3 Å². The molecule has 2 aromatic rings. The van der Waals surface area contributed by atoms with Crippen LogP contribution in [0.1, 0.15) is 36.5 Å². The number of amides is 3. The van der Waals surface area contributed by atoms with Gasteiger partial charge < -0.3 is 10.6 Å². The monoisotopic (exact) mass is 507 g/mol. The SMILES string of the molecule is CCC1(C(=O)NNC(=O)c2cccnc2Nc2ccc(S(F)(F)(F)(F)F)cc2)CCCNC1=O. The van der Waals surface area contributed by atoms with E-state index in [9.17, 15) is 33.8 Å². The summed E-state index contributed by atoms with van der Waals surface area (Å²) in [6.07, 6.45) is 2.42. The summed E-state index contributed by atoms with van der Waals surface area (Å²) in [6, 6.07) is 4.73. The van der Waals surface area contributed by atoms with E-state index in [-0.39, 0.29) is 35.6 Å². The number of hydrogen-bond donors (Lipinski definition) is 4. The van der Waals surface area contributed by atoms with Gasteiger partial charge in [0.1, 0.15) is 16.1 Å². The van der Waals surface area contributed by atoms with Gasteiger partial charge in [-0.05, 0) is 55.7 Å². The summed E-state index contributed by atoms with van der Waals surface area (Å²) < 4.78 is 64.5. The van der Waals surface area contributed by atoms with E-state index < -0.39 is 38.3 Å². The molecule has 1 aliphatic heterocycles. The van der Waals surface area contributed by atoms with Crippen molar-refractivity contribution in [3.8, 4) is 0 Å². The molecule has 2 heterocycles. The fourth-order valence-electron chi connectivity index (χ4n) is 3.51. The fourth-order valence-corrected chi connectivity index (χ4v) is 4.16. The molecule has 3 rings (SSSR count). The van der Waals surface area contributed by atoms with Crippen molar-refractivity contribution in [2.24, 2.45) is 5.41 Å². The van der Waals surface area contributed by atoms with Gasteiger partial charge in [0.15, 0.2) is 0 Å². The number of piperidine rings is 1. The summed E-state index contributed by atoms with van der Waals surface area (Å²) in [5, 5.41) is 5.22. The highest BCUT2D eigenvalue weighted by Crippen LogP contribution is 3.02. The molecule has 8 nitrogen and oxygen atoms in total. The second kappa shape index (κ2) is 8.11. The summed E-state index contributed by atoms with van der Waals surface area (Å²) in [5.41, 5.74) is 2.97. The maximum atomic E-state index is 12.9. The van der Waals surface area contributed by atoms with Crippen molar-refractivity contribution < 1.29 is 33.8 Å². The van der Waals surface area contributed by atoms with E-state index >= 15 is 0 Å². The number of hydrazine groups is 1. The second-order valence-electron chi connectivity index (χ2n) is 7.72. The lowest BCUT2D eigenvalue weighted by Crippen LogP contribution is -2.57. The fraction of sp³-hybridized carbons (Fsp3) is 0.300. The van der Waals surface area contributed by atoms with Crippen LogP contribution in [0.25, 0.3) is 0 Å². The zero-order valence-electron chi connectivity index (χ0n) is 17.8. The van der Waals surface area contributed by atoms with Gasteiger partial charge in [-0.3, -0.25) is 25.2 Å². The third-order valence-corrected chi connectivity index (χ3v) is 6.61. The number of nitrogens with one attached hydrogen (secondary N) is 4. The number of aromatic nitrogens is 1. The lowest BCUT2D eigenvalue weighted by atomic mass is 9.77. The van der Waals surface area contributed by atoms with Crippen molar-refractivity contribution in [3.63, 3.8) is 0 Å². The molecule has 34 heavy (non-hydrogen) atoms. The lowest BCUT2D eigenvalue weighted by Gasteiger charge is -2.40. The Balaban J connectivity index is 1.73. The molecule has 0 bridgehead atoms. The topological polar surface area (TPSA) is 112 Å². The van der Waals surface area contributed by atoms with Crippen molar-refractivity contribution in [3.05, 3.63) is 48.2 Å². The number of nitrogens with zero attached hydrogens (tertiary/aromatic N) is 1. The van der Waals surface area contributed by atoms with Crippen LogP contribution in [0.4, 0.5) is 30.9 Å². The van der Waals surface area contributed by atoms with Gasteiger partial charge in [0, 0.05) is 18.4 Å². The standard InChI is InChI=1S/C20H22F5N5O3S/c1-2-20(10-4-12-27-18(20)32)19(33)30-29-17(31)15-5-3-11-26-16(15)28-13-6-8-14(9-7-13)34(21,22,23,24)25/h3,5-9,11H,2,4,10,12H2,1H3,(H,26,28)(H,27,32)(H,29,31)(H,30,33). The summed E-state index contributed by atoms with van der Waals surface area (Å²) in [5.74, 6) is -2.05. The highest BCUT2D eigenvalue weighted by atomic mass is 32.5. The van der Waals surface area contributed by atoms with Gasteiger partial charge in [-0.25, -0.2) is 4.98 Å². The molecule has 1 atom stereocenters. The third-order valence-electron chi connectivity index (χ3n) is 5.44. The predicted molar refractivity (Wildman–Crippen MR) is 116 cm³/mol. The molecule has 0 radical (unpaired) electrons. The molecule has 1 aliphatic rings. The summed E-state index contributed by atoms with van der Waals surface area (Å²) in [7, 11) is -9.81. The molecule has 1 aromatic heterocycles. The molecule has 14 heteroatoms. The smallest absolute Gasteiger partial charge is 0.310 e. The Kier molecular flexibility index (Phi) is 6.01. The zero-order chi connectivity index (χ0) is 25.3. The zero-order valence-corrected chi connectivity index (χ0v) is 18.7. The van der Waals surface area contributed by atoms with Crippen LogP contribution in [0.2, 0.25) is 0 Å². The Morgan fingerprint density at radius 1 is 1.09 bits per heavy atom. The molecular weight excluding hydrogens is 485 g/mol. The number of halogens is 5. The maximum absolute atomic E-state index is 12.9. The molecule has 1 aromatic carbocycles. The van der Waals surface area contributed by atoms with Crippen LogP contribution >= 0.6 is 10.2 Å². The average molecular weight is 507 g/mol. The van der Waals surface area contributed by atoms with E-state index in [0.717, 1.165) is 12.1 Å². The van der Waals surface area contributed by atoms with E-state index in [1.165, 1.54) is 18.3 Å². The van der Waals surface area contributed by atoms with Crippen LogP contribution in [0.5, 0.6) is 0 Å². The van der Waals surface area contributed by atoms with Crippen LogP contribution in [0, 0.1) is 5.41 Å². The van der Waals surface area contributed by atoms with Crippen LogP contribution < -0.4 is 21.5 Å². The second-order valence-corrected chi connectivity index (χ2v) is 10.1. The average Bonchev–Trinajstić information content (AvgIpc) is 2.77. The van der Waals surface area contributed by atoms with Gasteiger partial charge in [0.2, 0.25) is 5.91 Å². The highest BCUT2D eigenvalue weighted by Gasteiger charge is 2.65. The summed E-state index contributed by atoms with van der Waals surface area (Å²) >= 11 is 0. The Labute approximate surface area is 191 Å². The van der Waals surface area contributed by atoms with E-state index in [2.05, 4.69) is 26.5 Å². The molecule has 0 spiro atoms. The molecular formula is C20H22F5N5O3S.